The predicted octanol–water partition coefficient (Wildman–Crippen LogP) is 3.35. The standard InChI is InChI=1S/C20H23FN2O4S/c1-27-20(24)16-10-11-17(19(21)14-16)15-23(18-8-4-2-5-9-18)28(25,26)22-12-6-3-7-13-22/h2,4-5,8-11,14H,3,6-7,12-13,15H2,1H3. The van der Waals surface area contributed by atoms with E-state index in [1.807, 2.05) is 0 Å². The van der Waals surface area contributed by atoms with E-state index in [2.05, 4.69) is 4.74 Å². The summed E-state index contributed by atoms with van der Waals surface area (Å²) in [6.45, 7) is 0.737. The minimum Gasteiger partial charge on any atom is -0.465 e. The summed E-state index contributed by atoms with van der Waals surface area (Å²) in [4.78, 5) is 11.6. The Balaban J connectivity index is 1.96. The van der Waals surface area contributed by atoms with Crippen molar-refractivity contribution in [2.75, 3.05) is 24.5 Å². The van der Waals surface area contributed by atoms with Crippen LogP contribution in [0.15, 0.2) is 48.5 Å². The first kappa shape index (κ1) is 20.3. The van der Waals surface area contributed by atoms with Gasteiger partial charge in [-0.3, -0.25) is 4.31 Å². The van der Waals surface area contributed by atoms with Crippen molar-refractivity contribution in [3.63, 3.8) is 0 Å². The van der Waals surface area contributed by atoms with E-state index in [0.717, 1.165) is 25.3 Å². The Morgan fingerprint density at radius 1 is 1.11 bits per heavy atom. The summed E-state index contributed by atoms with van der Waals surface area (Å²) in [6, 6.07) is 12.6. The summed E-state index contributed by atoms with van der Waals surface area (Å²) in [5.74, 6) is -1.30. The molecular formula is C20H23FN2O4S. The number of nitrogens with zero attached hydrogens (tertiary/aromatic N) is 2. The highest BCUT2D eigenvalue weighted by atomic mass is 32.2. The number of hydrogen-bond acceptors (Lipinski definition) is 4. The predicted molar refractivity (Wildman–Crippen MR) is 105 cm³/mol. The van der Waals surface area contributed by atoms with Crippen LogP contribution in [0.5, 0.6) is 0 Å². The van der Waals surface area contributed by atoms with E-state index in [0.29, 0.717) is 18.8 Å². The molecule has 0 radical (unpaired) electrons. The summed E-state index contributed by atoms with van der Waals surface area (Å²) >= 11 is 0. The first-order valence-electron chi connectivity index (χ1n) is 9.13. The fourth-order valence-corrected chi connectivity index (χ4v) is 4.90. The van der Waals surface area contributed by atoms with Gasteiger partial charge in [-0.2, -0.15) is 12.7 Å². The molecule has 0 N–H and O–H groups in total. The second-order valence-corrected chi connectivity index (χ2v) is 8.46. The lowest BCUT2D eigenvalue weighted by Gasteiger charge is -2.33. The van der Waals surface area contributed by atoms with Crippen LogP contribution in [0.2, 0.25) is 0 Å². The number of hydrogen-bond donors (Lipinski definition) is 0. The quantitative estimate of drug-likeness (QED) is 0.690. The first-order valence-corrected chi connectivity index (χ1v) is 10.5. The number of carbonyl (C=O) groups excluding carboxylic acids is 1. The second kappa shape index (κ2) is 8.70. The zero-order chi connectivity index (χ0) is 20.1. The number of carbonyl (C=O) groups is 1. The molecule has 3 rings (SSSR count). The lowest BCUT2D eigenvalue weighted by Crippen LogP contribution is -2.46. The number of esters is 1. The third-order valence-electron chi connectivity index (χ3n) is 4.75. The number of benzene rings is 2. The molecule has 0 aromatic heterocycles. The Kier molecular flexibility index (Phi) is 6.31. The maximum Gasteiger partial charge on any atom is 0.337 e. The number of methoxy groups -OCH3 is 1. The van der Waals surface area contributed by atoms with Gasteiger partial charge in [-0.15, -0.1) is 0 Å². The minimum atomic E-state index is -3.81. The third-order valence-corrected chi connectivity index (χ3v) is 6.67. The van der Waals surface area contributed by atoms with Gasteiger partial charge in [-0.25, -0.2) is 9.18 Å². The van der Waals surface area contributed by atoms with E-state index in [1.165, 1.54) is 27.9 Å². The zero-order valence-corrected chi connectivity index (χ0v) is 16.5. The van der Waals surface area contributed by atoms with E-state index < -0.39 is 22.0 Å². The highest BCUT2D eigenvalue weighted by Crippen LogP contribution is 2.26. The van der Waals surface area contributed by atoms with Crippen molar-refractivity contribution in [3.05, 3.63) is 65.5 Å². The first-order chi connectivity index (χ1) is 13.4. The lowest BCUT2D eigenvalue weighted by atomic mass is 10.1. The van der Waals surface area contributed by atoms with Crippen molar-refractivity contribution in [3.8, 4) is 0 Å². The average molecular weight is 406 g/mol. The second-order valence-electron chi connectivity index (χ2n) is 6.61. The van der Waals surface area contributed by atoms with Crippen LogP contribution in [0, 0.1) is 5.82 Å². The summed E-state index contributed by atoms with van der Waals surface area (Å²) in [7, 11) is -2.60. The van der Waals surface area contributed by atoms with Gasteiger partial charge in [0.25, 0.3) is 0 Å². The molecule has 1 aliphatic heterocycles. The van der Waals surface area contributed by atoms with Gasteiger partial charge >= 0.3 is 16.2 Å². The molecule has 0 saturated carbocycles. The third kappa shape index (κ3) is 4.34. The molecule has 1 saturated heterocycles. The number of ether oxygens (including phenoxy) is 1. The number of rotatable bonds is 6. The summed E-state index contributed by atoms with van der Waals surface area (Å²) in [5, 5.41) is 0. The molecule has 1 heterocycles. The molecule has 28 heavy (non-hydrogen) atoms. The largest absolute Gasteiger partial charge is 0.465 e. The molecule has 6 nitrogen and oxygen atoms in total. The normalized spacial score (nSPS) is 15.2. The Hall–Kier alpha value is -2.45. The van der Waals surface area contributed by atoms with Crippen molar-refractivity contribution in [1.29, 1.82) is 0 Å². The molecule has 0 atom stereocenters. The molecule has 150 valence electrons. The Morgan fingerprint density at radius 2 is 1.79 bits per heavy atom. The average Bonchev–Trinajstić information content (AvgIpc) is 2.73. The van der Waals surface area contributed by atoms with Crippen molar-refractivity contribution >= 4 is 21.9 Å². The fourth-order valence-electron chi connectivity index (χ4n) is 3.21. The van der Waals surface area contributed by atoms with Gasteiger partial charge in [-0.1, -0.05) is 30.7 Å². The van der Waals surface area contributed by atoms with Crippen LogP contribution in [0.25, 0.3) is 0 Å². The molecular weight excluding hydrogens is 383 g/mol. The molecule has 2 aromatic rings. The van der Waals surface area contributed by atoms with Crippen molar-refractivity contribution in [2.45, 2.75) is 25.8 Å². The van der Waals surface area contributed by atoms with Crippen LogP contribution in [0.1, 0.15) is 35.2 Å². The molecule has 2 aromatic carbocycles. The maximum atomic E-state index is 14.6. The Bertz CT molecular complexity index is 928. The summed E-state index contributed by atoms with van der Waals surface area (Å²) in [5.41, 5.74) is 0.718. The van der Waals surface area contributed by atoms with Gasteiger partial charge < -0.3 is 4.74 Å². The van der Waals surface area contributed by atoms with E-state index >= 15 is 0 Å². The van der Waals surface area contributed by atoms with Gasteiger partial charge in [0.05, 0.1) is 24.9 Å². The van der Waals surface area contributed by atoms with Crippen LogP contribution in [-0.2, 0) is 21.5 Å². The molecule has 8 heteroatoms. The van der Waals surface area contributed by atoms with Gasteiger partial charge in [0, 0.05) is 18.7 Å². The number of para-hydroxylation sites is 1. The van der Waals surface area contributed by atoms with Crippen molar-refractivity contribution in [2.24, 2.45) is 0 Å². The highest BCUT2D eigenvalue weighted by molar-refractivity contribution is 7.90. The topological polar surface area (TPSA) is 66.9 Å². The molecule has 0 amide bonds. The van der Waals surface area contributed by atoms with Gasteiger partial charge in [-0.05, 0) is 37.1 Å². The van der Waals surface area contributed by atoms with E-state index in [-0.39, 0.29) is 17.7 Å². The van der Waals surface area contributed by atoms with Gasteiger partial charge in [0.15, 0.2) is 0 Å². The Labute approximate surface area is 164 Å². The summed E-state index contributed by atoms with van der Waals surface area (Å²) < 4.78 is 48.4. The van der Waals surface area contributed by atoms with E-state index in [9.17, 15) is 17.6 Å². The highest BCUT2D eigenvalue weighted by Gasteiger charge is 2.31. The van der Waals surface area contributed by atoms with Crippen LogP contribution < -0.4 is 4.31 Å². The smallest absolute Gasteiger partial charge is 0.337 e. The maximum absolute atomic E-state index is 14.6. The summed E-state index contributed by atoms with van der Waals surface area (Å²) in [6.07, 6.45) is 2.62. The number of anilines is 1. The zero-order valence-electron chi connectivity index (χ0n) is 15.7. The van der Waals surface area contributed by atoms with Crippen molar-refractivity contribution in [1.82, 2.24) is 4.31 Å². The monoisotopic (exact) mass is 406 g/mol. The number of halogens is 1. The van der Waals surface area contributed by atoms with E-state index in [4.69, 9.17) is 0 Å². The van der Waals surface area contributed by atoms with Gasteiger partial charge in [0.2, 0.25) is 0 Å². The lowest BCUT2D eigenvalue weighted by molar-refractivity contribution is 0.0600. The molecule has 0 bridgehead atoms. The fraction of sp³-hybridized carbons (Fsp3) is 0.350. The van der Waals surface area contributed by atoms with Crippen LogP contribution in [0.4, 0.5) is 10.1 Å². The van der Waals surface area contributed by atoms with E-state index in [1.54, 1.807) is 30.3 Å². The molecule has 0 aliphatic carbocycles. The molecule has 0 spiro atoms. The van der Waals surface area contributed by atoms with Crippen LogP contribution in [0.3, 0.4) is 0 Å². The van der Waals surface area contributed by atoms with Crippen molar-refractivity contribution < 1.29 is 22.3 Å². The Morgan fingerprint density at radius 3 is 2.39 bits per heavy atom. The van der Waals surface area contributed by atoms with Crippen LogP contribution in [-0.4, -0.2) is 38.9 Å². The molecule has 1 aliphatic rings. The van der Waals surface area contributed by atoms with Crippen LogP contribution >= 0.6 is 0 Å². The molecule has 1 fully saturated rings. The van der Waals surface area contributed by atoms with Gasteiger partial charge in [0.1, 0.15) is 5.82 Å². The SMILES string of the molecule is COC(=O)c1ccc(CN(c2ccccc2)S(=O)(=O)N2CCCCC2)c(F)c1. The molecule has 0 unspecified atom stereocenters. The number of piperidine rings is 1. The minimum absolute atomic E-state index is 0.0777.